The fourth-order valence-corrected chi connectivity index (χ4v) is 2.37. The number of benzene rings is 1. The van der Waals surface area contributed by atoms with Crippen molar-refractivity contribution in [2.45, 2.75) is 19.4 Å². The molecule has 0 saturated carbocycles. The summed E-state index contributed by atoms with van der Waals surface area (Å²) in [6, 6.07) is 6.74. The Morgan fingerprint density at radius 3 is 2.65 bits per heavy atom. The average molecular weight is 279 g/mol. The van der Waals surface area contributed by atoms with Gasteiger partial charge < -0.3 is 10.1 Å². The maximum absolute atomic E-state index is 11.0. The smallest absolute Gasteiger partial charge is 0.292 e. The zero-order valence-corrected chi connectivity index (χ0v) is 12.0. The Kier molecular flexibility index (Phi) is 4.57. The summed E-state index contributed by atoms with van der Waals surface area (Å²) in [6.45, 7) is 8.21. The second-order valence-corrected chi connectivity index (χ2v) is 5.54. The van der Waals surface area contributed by atoms with E-state index in [-0.39, 0.29) is 16.1 Å². The molecular formula is C14H21N3O3. The molecule has 1 heterocycles. The number of morpholine rings is 1. The quantitative estimate of drug-likeness (QED) is 0.660. The number of hydrogen-bond acceptors (Lipinski definition) is 5. The molecule has 1 saturated heterocycles. The van der Waals surface area contributed by atoms with Gasteiger partial charge in [0.05, 0.1) is 18.1 Å². The molecule has 0 spiro atoms. The molecule has 0 radical (unpaired) electrons. The highest BCUT2D eigenvalue weighted by atomic mass is 16.6. The van der Waals surface area contributed by atoms with Gasteiger partial charge in [-0.1, -0.05) is 12.1 Å². The highest BCUT2D eigenvalue weighted by molar-refractivity contribution is 5.61. The van der Waals surface area contributed by atoms with Crippen molar-refractivity contribution in [1.82, 2.24) is 4.90 Å². The lowest BCUT2D eigenvalue weighted by molar-refractivity contribution is -0.384. The lowest BCUT2D eigenvalue weighted by Crippen LogP contribution is -2.53. The molecule has 1 aliphatic rings. The Labute approximate surface area is 118 Å². The van der Waals surface area contributed by atoms with Crippen LogP contribution in [0.4, 0.5) is 11.4 Å². The maximum Gasteiger partial charge on any atom is 0.292 e. The van der Waals surface area contributed by atoms with Gasteiger partial charge in [-0.25, -0.2) is 0 Å². The van der Waals surface area contributed by atoms with Crippen LogP contribution in [-0.2, 0) is 4.74 Å². The number of nitrogens with one attached hydrogen (secondary N) is 1. The van der Waals surface area contributed by atoms with E-state index >= 15 is 0 Å². The van der Waals surface area contributed by atoms with Crippen molar-refractivity contribution in [1.29, 1.82) is 0 Å². The number of rotatable bonds is 5. The molecule has 2 rings (SSSR count). The molecule has 20 heavy (non-hydrogen) atoms. The summed E-state index contributed by atoms with van der Waals surface area (Å²) in [7, 11) is 0. The van der Waals surface area contributed by atoms with Crippen molar-refractivity contribution in [3.05, 3.63) is 34.4 Å². The van der Waals surface area contributed by atoms with Crippen LogP contribution >= 0.6 is 0 Å². The molecule has 6 nitrogen and oxygen atoms in total. The number of anilines is 1. The molecule has 1 aliphatic heterocycles. The zero-order valence-electron chi connectivity index (χ0n) is 12.0. The molecule has 0 unspecified atom stereocenters. The molecule has 0 aliphatic carbocycles. The molecular weight excluding hydrogens is 258 g/mol. The number of nitro groups is 1. The molecule has 0 amide bonds. The van der Waals surface area contributed by atoms with Gasteiger partial charge in [0.2, 0.25) is 0 Å². The third kappa shape index (κ3) is 3.46. The van der Waals surface area contributed by atoms with Crippen LogP contribution in [0.1, 0.15) is 13.8 Å². The molecule has 1 N–H and O–H groups in total. The Hall–Kier alpha value is -1.66. The summed E-state index contributed by atoms with van der Waals surface area (Å²) < 4.78 is 5.36. The minimum absolute atomic E-state index is 0.0759. The van der Waals surface area contributed by atoms with Crippen LogP contribution in [0.5, 0.6) is 0 Å². The summed E-state index contributed by atoms with van der Waals surface area (Å²) in [5, 5.41) is 14.2. The highest BCUT2D eigenvalue weighted by Gasteiger charge is 2.28. The van der Waals surface area contributed by atoms with Crippen LogP contribution in [0.3, 0.4) is 0 Å². The summed E-state index contributed by atoms with van der Waals surface area (Å²) >= 11 is 0. The van der Waals surface area contributed by atoms with Gasteiger partial charge in [-0.05, 0) is 19.9 Å². The Morgan fingerprint density at radius 2 is 2.00 bits per heavy atom. The van der Waals surface area contributed by atoms with Crippen molar-refractivity contribution in [2.75, 3.05) is 38.2 Å². The monoisotopic (exact) mass is 279 g/mol. The lowest BCUT2D eigenvalue weighted by Gasteiger charge is -2.41. The third-order valence-corrected chi connectivity index (χ3v) is 3.68. The summed E-state index contributed by atoms with van der Waals surface area (Å²) in [4.78, 5) is 13.0. The van der Waals surface area contributed by atoms with E-state index in [0.29, 0.717) is 12.2 Å². The number of hydrogen-bond donors (Lipinski definition) is 1. The molecule has 1 fully saturated rings. The van der Waals surface area contributed by atoms with Crippen LogP contribution in [-0.4, -0.2) is 48.2 Å². The highest BCUT2D eigenvalue weighted by Crippen LogP contribution is 2.25. The van der Waals surface area contributed by atoms with Crippen LogP contribution in [0, 0.1) is 10.1 Å². The maximum atomic E-state index is 11.0. The van der Waals surface area contributed by atoms with E-state index in [9.17, 15) is 10.1 Å². The van der Waals surface area contributed by atoms with E-state index in [4.69, 9.17) is 4.74 Å². The van der Waals surface area contributed by atoms with Crippen molar-refractivity contribution in [3.8, 4) is 0 Å². The minimum atomic E-state index is -0.357. The molecule has 110 valence electrons. The second-order valence-electron chi connectivity index (χ2n) is 5.54. The van der Waals surface area contributed by atoms with Crippen LogP contribution in [0.25, 0.3) is 0 Å². The van der Waals surface area contributed by atoms with E-state index in [1.165, 1.54) is 6.07 Å². The number of nitrogens with zero attached hydrogens (tertiary/aromatic N) is 2. The summed E-state index contributed by atoms with van der Waals surface area (Å²) in [6.07, 6.45) is 0. The standard InChI is InChI=1S/C14H21N3O3/c1-14(2,16-7-9-20-10-8-16)11-15-12-5-3-4-6-13(12)17(18)19/h3-6,15H,7-11H2,1-2H3. The molecule has 0 bridgehead atoms. The second kappa shape index (κ2) is 6.19. The first kappa shape index (κ1) is 14.7. The van der Waals surface area contributed by atoms with Gasteiger partial charge >= 0.3 is 0 Å². The fourth-order valence-electron chi connectivity index (χ4n) is 2.37. The van der Waals surface area contributed by atoms with Gasteiger partial charge in [0.25, 0.3) is 5.69 Å². The first-order chi connectivity index (χ1) is 9.50. The fraction of sp³-hybridized carbons (Fsp3) is 0.571. The van der Waals surface area contributed by atoms with Gasteiger partial charge in [-0.15, -0.1) is 0 Å². The Balaban J connectivity index is 2.02. The van der Waals surface area contributed by atoms with Gasteiger partial charge in [-0.3, -0.25) is 15.0 Å². The minimum Gasteiger partial charge on any atom is -0.379 e. The average Bonchev–Trinajstić information content (AvgIpc) is 2.46. The first-order valence-electron chi connectivity index (χ1n) is 6.81. The van der Waals surface area contributed by atoms with E-state index in [1.807, 2.05) is 0 Å². The largest absolute Gasteiger partial charge is 0.379 e. The van der Waals surface area contributed by atoms with Gasteiger partial charge in [-0.2, -0.15) is 0 Å². The van der Waals surface area contributed by atoms with Crippen LogP contribution in [0.2, 0.25) is 0 Å². The topological polar surface area (TPSA) is 67.6 Å². The van der Waals surface area contributed by atoms with Gasteiger partial charge in [0.15, 0.2) is 0 Å². The Morgan fingerprint density at radius 1 is 1.35 bits per heavy atom. The SMILES string of the molecule is CC(C)(CNc1ccccc1[N+](=O)[O-])N1CCOCC1. The molecule has 0 aromatic heterocycles. The molecule has 0 atom stereocenters. The van der Waals surface area contributed by atoms with Crippen molar-refractivity contribution < 1.29 is 9.66 Å². The van der Waals surface area contributed by atoms with E-state index in [1.54, 1.807) is 18.2 Å². The first-order valence-corrected chi connectivity index (χ1v) is 6.81. The Bertz CT molecular complexity index is 470. The zero-order chi connectivity index (χ0) is 14.6. The van der Waals surface area contributed by atoms with Gasteiger partial charge in [0, 0.05) is 31.2 Å². The molecule has 1 aromatic rings. The van der Waals surface area contributed by atoms with Crippen LogP contribution in [0.15, 0.2) is 24.3 Å². The van der Waals surface area contributed by atoms with Crippen molar-refractivity contribution in [3.63, 3.8) is 0 Å². The predicted octanol–water partition coefficient (Wildman–Crippen LogP) is 2.12. The van der Waals surface area contributed by atoms with Crippen molar-refractivity contribution >= 4 is 11.4 Å². The normalized spacial score (nSPS) is 16.9. The number of ether oxygens (including phenoxy) is 1. The summed E-state index contributed by atoms with van der Waals surface area (Å²) in [5.41, 5.74) is 0.608. The van der Waals surface area contributed by atoms with E-state index in [2.05, 4.69) is 24.1 Å². The predicted molar refractivity (Wildman–Crippen MR) is 78.1 cm³/mol. The molecule has 1 aromatic carbocycles. The van der Waals surface area contributed by atoms with E-state index in [0.717, 1.165) is 26.3 Å². The summed E-state index contributed by atoms with van der Waals surface area (Å²) in [5.74, 6) is 0. The van der Waals surface area contributed by atoms with Crippen molar-refractivity contribution in [2.24, 2.45) is 0 Å². The van der Waals surface area contributed by atoms with Crippen LogP contribution < -0.4 is 5.32 Å². The lowest BCUT2D eigenvalue weighted by atomic mass is 10.0. The molecule has 6 heteroatoms. The van der Waals surface area contributed by atoms with Gasteiger partial charge in [0.1, 0.15) is 5.69 Å². The third-order valence-electron chi connectivity index (χ3n) is 3.68. The van der Waals surface area contributed by atoms with E-state index < -0.39 is 0 Å². The number of para-hydroxylation sites is 2. The number of nitro benzene ring substituents is 1.